The normalized spacial score (nSPS) is 21.7. The minimum Gasteiger partial charge on any atom is -0.319 e. The highest BCUT2D eigenvalue weighted by Crippen LogP contribution is 2.32. The minimum atomic E-state index is -3.58. The lowest BCUT2D eigenvalue weighted by molar-refractivity contribution is -0.130. The fourth-order valence-corrected chi connectivity index (χ4v) is 5.17. The number of hydrogen-bond acceptors (Lipinski definition) is 4. The summed E-state index contributed by atoms with van der Waals surface area (Å²) in [6, 6.07) is 13.4. The molecule has 0 aromatic heterocycles. The first-order chi connectivity index (χ1) is 13.3. The first-order valence-corrected chi connectivity index (χ1v) is 11.0. The molecule has 4 rings (SSSR count). The maximum Gasteiger partial charge on any atom is 0.325 e. The Kier molecular flexibility index (Phi) is 4.50. The van der Waals surface area contributed by atoms with Gasteiger partial charge in [-0.3, -0.25) is 9.69 Å². The minimum absolute atomic E-state index is 0.178. The monoisotopic (exact) mass is 398 g/mol. The first kappa shape index (κ1) is 18.7. The van der Waals surface area contributed by atoms with Crippen LogP contribution in [0.3, 0.4) is 0 Å². The van der Waals surface area contributed by atoms with Crippen molar-refractivity contribution in [2.45, 2.75) is 36.6 Å². The number of carbonyl (C=O) groups is 2. The van der Waals surface area contributed by atoms with Crippen molar-refractivity contribution < 1.29 is 18.0 Å². The van der Waals surface area contributed by atoms with E-state index in [-0.39, 0.29) is 17.2 Å². The molecular weight excluding hydrogens is 376 g/mol. The number of rotatable bonds is 5. The highest BCUT2D eigenvalue weighted by atomic mass is 32.2. The number of imide groups is 1. The second kappa shape index (κ2) is 6.74. The van der Waals surface area contributed by atoms with Gasteiger partial charge in [0.25, 0.3) is 5.91 Å². The Morgan fingerprint density at radius 2 is 1.75 bits per heavy atom. The molecule has 1 heterocycles. The van der Waals surface area contributed by atoms with E-state index in [2.05, 4.69) is 5.32 Å². The number of nitrogens with one attached hydrogen (secondary N) is 1. The van der Waals surface area contributed by atoms with E-state index in [0.717, 1.165) is 29.7 Å². The van der Waals surface area contributed by atoms with Crippen molar-refractivity contribution in [3.63, 3.8) is 0 Å². The van der Waals surface area contributed by atoms with Gasteiger partial charge < -0.3 is 5.32 Å². The number of urea groups is 1. The highest BCUT2D eigenvalue weighted by molar-refractivity contribution is 7.91. The maximum atomic E-state index is 13.0. The molecule has 1 unspecified atom stereocenters. The molecule has 28 heavy (non-hydrogen) atoms. The number of hydrogen-bond donors (Lipinski definition) is 1. The standard InChI is InChI=1S/C21H22N2O4S/c1-21(17-11-10-15-6-5-7-16(15)14-17)19(24)23(20(25)22-21)12-13-28(26,27)18-8-3-2-4-9-18/h2-4,8-11,14H,5-7,12-13H2,1H3,(H,22,25). The topological polar surface area (TPSA) is 83.6 Å². The van der Waals surface area contributed by atoms with Crippen LogP contribution < -0.4 is 5.32 Å². The molecule has 0 saturated carbocycles. The zero-order chi connectivity index (χ0) is 19.9. The molecule has 0 spiro atoms. The van der Waals surface area contributed by atoms with E-state index in [4.69, 9.17) is 0 Å². The zero-order valence-corrected chi connectivity index (χ0v) is 16.5. The molecule has 2 aromatic carbocycles. The Bertz CT molecular complexity index is 1050. The summed E-state index contributed by atoms with van der Waals surface area (Å²) in [7, 11) is -3.58. The Morgan fingerprint density at radius 3 is 2.50 bits per heavy atom. The predicted octanol–water partition coefficient (Wildman–Crippen LogP) is 2.42. The fraction of sp³-hybridized carbons (Fsp3) is 0.333. The second-order valence-electron chi connectivity index (χ2n) is 7.48. The number of nitrogens with zero attached hydrogens (tertiary/aromatic N) is 1. The predicted molar refractivity (Wildman–Crippen MR) is 105 cm³/mol. The Morgan fingerprint density at radius 1 is 1.04 bits per heavy atom. The molecule has 6 nitrogen and oxygen atoms in total. The van der Waals surface area contributed by atoms with Gasteiger partial charge in [-0.25, -0.2) is 13.2 Å². The van der Waals surface area contributed by atoms with Crippen LogP contribution in [0.15, 0.2) is 53.4 Å². The van der Waals surface area contributed by atoms with E-state index in [1.54, 1.807) is 25.1 Å². The lowest BCUT2D eigenvalue weighted by atomic mass is 9.90. The van der Waals surface area contributed by atoms with Crippen LogP contribution in [-0.2, 0) is 33.0 Å². The SMILES string of the molecule is CC1(c2ccc3c(c2)CCC3)NC(=O)N(CCS(=O)(=O)c2ccccc2)C1=O. The van der Waals surface area contributed by atoms with Crippen molar-refractivity contribution >= 4 is 21.8 Å². The molecule has 1 fully saturated rings. The first-order valence-electron chi connectivity index (χ1n) is 9.35. The maximum absolute atomic E-state index is 13.0. The van der Waals surface area contributed by atoms with Crippen LogP contribution in [-0.4, -0.2) is 37.6 Å². The molecular formula is C21H22N2O4S. The molecule has 0 radical (unpaired) electrons. The van der Waals surface area contributed by atoms with Gasteiger partial charge in [0.1, 0.15) is 5.54 Å². The van der Waals surface area contributed by atoms with E-state index in [1.165, 1.54) is 23.3 Å². The van der Waals surface area contributed by atoms with Crippen molar-refractivity contribution in [1.29, 1.82) is 0 Å². The van der Waals surface area contributed by atoms with Crippen molar-refractivity contribution in [2.24, 2.45) is 0 Å². The number of sulfone groups is 1. The lowest BCUT2D eigenvalue weighted by Crippen LogP contribution is -2.41. The lowest BCUT2D eigenvalue weighted by Gasteiger charge is -2.23. The summed E-state index contributed by atoms with van der Waals surface area (Å²) < 4.78 is 25.0. The molecule has 1 atom stereocenters. The summed E-state index contributed by atoms with van der Waals surface area (Å²) in [5.41, 5.74) is 2.06. The number of fused-ring (bicyclic) bond motifs is 1. The van der Waals surface area contributed by atoms with E-state index in [0.29, 0.717) is 0 Å². The van der Waals surface area contributed by atoms with Gasteiger partial charge in [0.15, 0.2) is 9.84 Å². The third-order valence-electron chi connectivity index (χ3n) is 5.64. The van der Waals surface area contributed by atoms with Gasteiger partial charge in [-0.2, -0.15) is 0 Å². The molecule has 1 aliphatic heterocycles. The van der Waals surface area contributed by atoms with Crippen molar-refractivity contribution in [3.05, 3.63) is 65.2 Å². The molecule has 2 aromatic rings. The average Bonchev–Trinajstić information content (AvgIpc) is 3.24. The fourth-order valence-electron chi connectivity index (χ4n) is 3.94. The van der Waals surface area contributed by atoms with Gasteiger partial charge in [-0.1, -0.05) is 36.4 Å². The largest absolute Gasteiger partial charge is 0.325 e. The zero-order valence-electron chi connectivity index (χ0n) is 15.6. The molecule has 2 aliphatic rings. The van der Waals surface area contributed by atoms with Crippen molar-refractivity contribution in [1.82, 2.24) is 10.2 Å². The Balaban J connectivity index is 1.54. The summed E-state index contributed by atoms with van der Waals surface area (Å²) >= 11 is 0. The molecule has 146 valence electrons. The van der Waals surface area contributed by atoms with Gasteiger partial charge in [-0.05, 0) is 55.0 Å². The van der Waals surface area contributed by atoms with Crippen LogP contribution in [0.4, 0.5) is 4.79 Å². The molecule has 1 aliphatic carbocycles. The van der Waals surface area contributed by atoms with Gasteiger partial charge in [0.2, 0.25) is 0 Å². The summed E-state index contributed by atoms with van der Waals surface area (Å²) in [5, 5.41) is 2.76. The van der Waals surface area contributed by atoms with Crippen molar-refractivity contribution in [3.8, 4) is 0 Å². The molecule has 1 N–H and O–H groups in total. The third-order valence-corrected chi connectivity index (χ3v) is 7.35. The van der Waals surface area contributed by atoms with E-state index in [1.807, 2.05) is 18.2 Å². The van der Waals surface area contributed by atoms with Crippen LogP contribution in [0, 0.1) is 0 Å². The summed E-state index contributed by atoms with van der Waals surface area (Å²) in [6.07, 6.45) is 3.11. The van der Waals surface area contributed by atoms with Crippen LogP contribution >= 0.6 is 0 Å². The number of amides is 3. The highest BCUT2D eigenvalue weighted by Gasteiger charge is 2.49. The van der Waals surface area contributed by atoms with E-state index in [9.17, 15) is 18.0 Å². The van der Waals surface area contributed by atoms with Gasteiger partial charge in [-0.15, -0.1) is 0 Å². The van der Waals surface area contributed by atoms with Crippen LogP contribution in [0.5, 0.6) is 0 Å². The Labute approximate surface area is 164 Å². The summed E-state index contributed by atoms with van der Waals surface area (Å²) in [6.45, 7) is 1.50. The molecule has 1 saturated heterocycles. The second-order valence-corrected chi connectivity index (χ2v) is 9.59. The van der Waals surface area contributed by atoms with Gasteiger partial charge in [0, 0.05) is 6.54 Å². The van der Waals surface area contributed by atoms with E-state index < -0.39 is 27.3 Å². The van der Waals surface area contributed by atoms with E-state index >= 15 is 0 Å². The molecule has 7 heteroatoms. The third kappa shape index (κ3) is 3.09. The Hall–Kier alpha value is -2.67. The van der Waals surface area contributed by atoms with Crippen LogP contribution in [0.2, 0.25) is 0 Å². The molecule has 0 bridgehead atoms. The van der Waals surface area contributed by atoms with Gasteiger partial charge in [0.05, 0.1) is 10.6 Å². The number of aryl methyl sites for hydroxylation is 2. The quantitative estimate of drug-likeness (QED) is 0.784. The van der Waals surface area contributed by atoms with Gasteiger partial charge >= 0.3 is 6.03 Å². The summed E-state index contributed by atoms with van der Waals surface area (Å²) in [5.74, 6) is -0.727. The van der Waals surface area contributed by atoms with Crippen LogP contribution in [0.1, 0.15) is 30.0 Å². The summed E-state index contributed by atoms with van der Waals surface area (Å²) in [4.78, 5) is 26.7. The number of benzene rings is 2. The van der Waals surface area contributed by atoms with Crippen LogP contribution in [0.25, 0.3) is 0 Å². The average molecular weight is 398 g/mol. The molecule has 3 amide bonds. The number of carbonyl (C=O) groups excluding carboxylic acids is 2. The van der Waals surface area contributed by atoms with Crippen molar-refractivity contribution in [2.75, 3.05) is 12.3 Å². The smallest absolute Gasteiger partial charge is 0.319 e.